The van der Waals surface area contributed by atoms with Gasteiger partial charge in [0.1, 0.15) is 5.75 Å². The zero-order valence-corrected chi connectivity index (χ0v) is 17.4. The number of H-pyrrole nitrogens is 1. The van der Waals surface area contributed by atoms with E-state index < -0.39 is 0 Å². The van der Waals surface area contributed by atoms with Crippen molar-refractivity contribution in [1.29, 1.82) is 0 Å². The average molecular weight is 420 g/mol. The molecule has 3 aromatic rings. The quantitative estimate of drug-likeness (QED) is 0.643. The first-order valence-electron chi connectivity index (χ1n) is 9.45. The van der Waals surface area contributed by atoms with Crippen LogP contribution >= 0.6 is 23.2 Å². The summed E-state index contributed by atoms with van der Waals surface area (Å²) in [6, 6.07) is 12.1. The van der Waals surface area contributed by atoms with Crippen LogP contribution in [-0.2, 0) is 0 Å². The molecule has 2 heterocycles. The summed E-state index contributed by atoms with van der Waals surface area (Å²) >= 11 is 12.4. The number of benzene rings is 2. The highest BCUT2D eigenvalue weighted by Gasteiger charge is 2.27. The van der Waals surface area contributed by atoms with Gasteiger partial charge < -0.3 is 9.72 Å². The van der Waals surface area contributed by atoms with Crippen LogP contribution in [0.3, 0.4) is 0 Å². The molecule has 0 radical (unpaired) electrons. The average Bonchev–Trinajstić information content (AvgIpc) is 3.04. The highest BCUT2D eigenvalue weighted by molar-refractivity contribution is 6.38. The van der Waals surface area contributed by atoms with E-state index in [-0.39, 0.29) is 11.7 Å². The lowest BCUT2D eigenvalue weighted by Gasteiger charge is -2.36. The van der Waals surface area contributed by atoms with Crippen molar-refractivity contribution in [2.24, 2.45) is 0 Å². The number of aromatic amines is 1. The number of likely N-dealkylation sites (tertiary alicyclic amines) is 1. The topological polar surface area (TPSA) is 50.3 Å². The molecule has 1 unspecified atom stereocenters. The van der Waals surface area contributed by atoms with Gasteiger partial charge in [-0.25, -0.2) is 4.79 Å². The summed E-state index contributed by atoms with van der Waals surface area (Å²) in [5.41, 5.74) is 2.58. The number of methoxy groups -OCH3 is 1. The van der Waals surface area contributed by atoms with Gasteiger partial charge >= 0.3 is 5.69 Å². The van der Waals surface area contributed by atoms with Crippen LogP contribution in [0, 0.1) is 0 Å². The number of aromatic nitrogens is 2. The lowest BCUT2D eigenvalue weighted by atomic mass is 10.00. The first-order chi connectivity index (χ1) is 13.5. The summed E-state index contributed by atoms with van der Waals surface area (Å²) in [4.78, 5) is 17.9. The number of nitrogens with one attached hydrogen (secondary N) is 1. The van der Waals surface area contributed by atoms with Crippen molar-refractivity contribution < 1.29 is 4.74 Å². The van der Waals surface area contributed by atoms with Gasteiger partial charge in [-0.2, -0.15) is 0 Å². The largest absolute Gasteiger partial charge is 0.497 e. The summed E-state index contributed by atoms with van der Waals surface area (Å²) in [6.07, 6.45) is 1.80. The summed E-state index contributed by atoms with van der Waals surface area (Å²) in [5, 5.41) is 1.01. The Labute approximate surface area is 173 Å². The minimum absolute atomic E-state index is 0.124. The molecule has 0 bridgehead atoms. The number of rotatable bonds is 4. The van der Waals surface area contributed by atoms with Crippen LogP contribution in [0.15, 0.2) is 41.2 Å². The first kappa shape index (κ1) is 19.4. The molecular weight excluding hydrogens is 397 g/mol. The second kappa shape index (κ2) is 7.82. The van der Waals surface area contributed by atoms with Gasteiger partial charge in [0.25, 0.3) is 0 Å². The third-order valence-corrected chi connectivity index (χ3v) is 6.27. The molecule has 5 nitrogen and oxygen atoms in total. The van der Waals surface area contributed by atoms with Crippen molar-refractivity contribution in [3.63, 3.8) is 0 Å². The Kier molecular flexibility index (Phi) is 5.41. The fourth-order valence-corrected chi connectivity index (χ4v) is 4.67. The predicted molar refractivity (Wildman–Crippen MR) is 114 cm³/mol. The molecule has 1 aliphatic heterocycles. The maximum atomic E-state index is 12.6. The van der Waals surface area contributed by atoms with Crippen LogP contribution < -0.4 is 10.4 Å². The van der Waals surface area contributed by atoms with Gasteiger partial charge in [0.05, 0.1) is 23.2 Å². The van der Waals surface area contributed by atoms with Crippen LogP contribution in [0.5, 0.6) is 5.75 Å². The summed E-state index contributed by atoms with van der Waals surface area (Å²) in [7, 11) is 1.68. The van der Waals surface area contributed by atoms with E-state index in [1.54, 1.807) is 13.2 Å². The third-order valence-electron chi connectivity index (χ3n) is 5.75. The fraction of sp³-hybridized carbons (Fsp3) is 0.381. The number of hydrogen-bond donors (Lipinski definition) is 1. The monoisotopic (exact) mass is 419 g/mol. The molecule has 0 spiro atoms. The molecule has 1 atom stereocenters. The molecule has 2 aromatic carbocycles. The number of halogens is 2. The van der Waals surface area contributed by atoms with Crippen molar-refractivity contribution >= 4 is 34.2 Å². The van der Waals surface area contributed by atoms with E-state index in [0.717, 1.165) is 37.2 Å². The molecule has 148 valence electrons. The molecule has 0 amide bonds. The van der Waals surface area contributed by atoms with E-state index in [1.165, 1.54) is 5.56 Å². The van der Waals surface area contributed by atoms with Crippen molar-refractivity contribution in [2.75, 3.05) is 20.2 Å². The minimum Gasteiger partial charge on any atom is -0.497 e. The maximum absolute atomic E-state index is 12.6. The molecular formula is C21H23Cl2N3O2. The Bertz CT molecular complexity index is 1030. The second-order valence-electron chi connectivity index (χ2n) is 7.30. The molecule has 4 rings (SSSR count). The number of imidazole rings is 1. The molecule has 7 heteroatoms. The van der Waals surface area contributed by atoms with Gasteiger partial charge in [0.15, 0.2) is 0 Å². The molecule has 1 aromatic heterocycles. The highest BCUT2D eigenvalue weighted by Crippen LogP contribution is 2.32. The Morgan fingerprint density at radius 1 is 1.14 bits per heavy atom. The highest BCUT2D eigenvalue weighted by atomic mass is 35.5. The molecule has 1 saturated heterocycles. The van der Waals surface area contributed by atoms with Gasteiger partial charge in [-0.1, -0.05) is 35.3 Å². The molecule has 1 N–H and O–H groups in total. The fourth-order valence-electron chi connectivity index (χ4n) is 4.14. The van der Waals surface area contributed by atoms with Crippen LogP contribution in [0.2, 0.25) is 10.0 Å². The van der Waals surface area contributed by atoms with Crippen molar-refractivity contribution in [3.05, 3.63) is 62.5 Å². The normalized spacial score (nSPS) is 17.1. The van der Waals surface area contributed by atoms with Gasteiger partial charge in [-0.05, 0) is 49.6 Å². The smallest absolute Gasteiger partial charge is 0.326 e. The van der Waals surface area contributed by atoms with Gasteiger partial charge in [0.2, 0.25) is 0 Å². The number of ether oxygens (including phenoxy) is 1. The van der Waals surface area contributed by atoms with Crippen molar-refractivity contribution in [2.45, 2.75) is 31.8 Å². The molecule has 0 aliphatic carbocycles. The van der Waals surface area contributed by atoms with Gasteiger partial charge in [0, 0.05) is 30.2 Å². The summed E-state index contributed by atoms with van der Waals surface area (Å²) in [5.74, 6) is 0.866. The van der Waals surface area contributed by atoms with E-state index in [1.807, 2.05) is 22.8 Å². The third kappa shape index (κ3) is 3.54. The van der Waals surface area contributed by atoms with Crippen LogP contribution in [0.1, 0.15) is 37.4 Å². The van der Waals surface area contributed by atoms with E-state index in [0.29, 0.717) is 21.6 Å². The number of piperidine rings is 1. The van der Waals surface area contributed by atoms with E-state index in [9.17, 15) is 4.79 Å². The zero-order valence-electron chi connectivity index (χ0n) is 15.9. The Hall–Kier alpha value is -1.95. The molecule has 28 heavy (non-hydrogen) atoms. The van der Waals surface area contributed by atoms with Crippen LogP contribution in [0.25, 0.3) is 11.0 Å². The first-order valence-corrected chi connectivity index (χ1v) is 10.2. The Balaban J connectivity index is 1.52. The molecule has 0 saturated carbocycles. The Morgan fingerprint density at radius 2 is 1.82 bits per heavy atom. The van der Waals surface area contributed by atoms with Crippen LogP contribution in [-0.4, -0.2) is 34.7 Å². The molecule has 1 fully saturated rings. The van der Waals surface area contributed by atoms with Crippen molar-refractivity contribution in [1.82, 2.24) is 14.5 Å². The van der Waals surface area contributed by atoms with E-state index >= 15 is 0 Å². The zero-order chi connectivity index (χ0) is 19.8. The summed E-state index contributed by atoms with van der Waals surface area (Å²) in [6.45, 7) is 4.07. The minimum atomic E-state index is -0.124. The van der Waals surface area contributed by atoms with E-state index in [2.05, 4.69) is 28.9 Å². The van der Waals surface area contributed by atoms with E-state index in [4.69, 9.17) is 27.9 Å². The number of hydrogen-bond acceptors (Lipinski definition) is 3. The number of nitrogens with zero attached hydrogens (tertiary/aromatic N) is 2. The second-order valence-corrected chi connectivity index (χ2v) is 8.14. The number of fused-ring (bicyclic) bond motifs is 1. The van der Waals surface area contributed by atoms with Crippen molar-refractivity contribution in [3.8, 4) is 5.75 Å². The molecule has 1 aliphatic rings. The lowest BCUT2D eigenvalue weighted by molar-refractivity contribution is 0.144. The predicted octanol–water partition coefficient (Wildman–Crippen LogP) is 5.04. The van der Waals surface area contributed by atoms with Gasteiger partial charge in [-0.3, -0.25) is 9.47 Å². The Morgan fingerprint density at radius 3 is 2.46 bits per heavy atom. The lowest BCUT2D eigenvalue weighted by Crippen LogP contribution is -2.38. The van der Waals surface area contributed by atoms with Gasteiger partial charge in [-0.15, -0.1) is 0 Å². The summed E-state index contributed by atoms with van der Waals surface area (Å²) < 4.78 is 7.07. The maximum Gasteiger partial charge on any atom is 0.326 e. The SMILES string of the molecule is COc1ccc(C(C)N2CCC(n3c(=O)[nH]c4c(Cl)cc(Cl)cc43)CC2)cc1. The van der Waals surface area contributed by atoms with Crippen LogP contribution in [0.4, 0.5) is 0 Å². The standard InChI is InChI=1S/C21H23Cl2N3O2/c1-13(14-3-5-17(28-2)6-4-14)25-9-7-16(8-10-25)26-19-12-15(22)11-18(23)20(19)24-21(26)27/h3-6,11-13,16H,7-10H2,1-2H3,(H,24,27).